The monoisotopic (exact) mass is 260 g/mol. The smallest absolute Gasteiger partial charge is 0.343 e. The average Bonchev–Trinajstić information content (AvgIpc) is 2.56. The second-order valence-electron chi connectivity index (χ2n) is 5.66. The first-order valence-electron chi connectivity index (χ1n) is 6.30. The van der Waals surface area contributed by atoms with Gasteiger partial charge in [0.1, 0.15) is 23.2 Å². The summed E-state index contributed by atoms with van der Waals surface area (Å²) in [5.41, 5.74) is 0.914. The Morgan fingerprint density at radius 2 is 2.00 bits per heavy atom. The first-order chi connectivity index (χ1) is 8.84. The molecule has 0 bridgehead atoms. The summed E-state index contributed by atoms with van der Waals surface area (Å²) in [4.78, 5) is 12.2. The minimum atomic E-state index is -0.401. The number of ether oxygens (including phenoxy) is 1. The Labute approximate surface area is 110 Å². The van der Waals surface area contributed by atoms with E-state index in [1.54, 1.807) is 13.0 Å². The van der Waals surface area contributed by atoms with Crippen molar-refractivity contribution < 1.29 is 14.3 Å². The first kappa shape index (κ1) is 12.1. The van der Waals surface area contributed by atoms with Crippen molar-refractivity contribution in [3.8, 4) is 11.5 Å². The number of hydrogen-bond acceptors (Lipinski definition) is 4. The van der Waals surface area contributed by atoms with E-state index in [2.05, 4.69) is 0 Å². The standard InChI is InChI=1S/C15H16O4/c1-7-9(16)5-6-10-11(7)13-12(14(17)19-10)15(3,4)8(2)18-13/h5-6,8,16H,1-4H3/t8-/m0/s1. The van der Waals surface area contributed by atoms with Gasteiger partial charge in [-0.2, -0.15) is 0 Å². The van der Waals surface area contributed by atoms with Crippen LogP contribution in [0.15, 0.2) is 21.3 Å². The summed E-state index contributed by atoms with van der Waals surface area (Å²) in [5.74, 6) is 0.724. The van der Waals surface area contributed by atoms with Crippen molar-refractivity contribution in [1.29, 1.82) is 0 Å². The van der Waals surface area contributed by atoms with Gasteiger partial charge < -0.3 is 14.3 Å². The van der Waals surface area contributed by atoms with Crippen LogP contribution < -0.4 is 10.4 Å². The molecule has 4 nitrogen and oxygen atoms in total. The summed E-state index contributed by atoms with van der Waals surface area (Å²) in [6.07, 6.45) is -0.113. The van der Waals surface area contributed by atoms with Gasteiger partial charge in [0.2, 0.25) is 0 Å². The quantitative estimate of drug-likeness (QED) is 0.740. The first-order valence-corrected chi connectivity index (χ1v) is 6.30. The fourth-order valence-corrected chi connectivity index (χ4v) is 2.61. The van der Waals surface area contributed by atoms with E-state index in [-0.39, 0.29) is 17.5 Å². The molecule has 0 fully saturated rings. The number of aromatic hydroxyl groups is 1. The van der Waals surface area contributed by atoms with Crippen LogP contribution in [0.4, 0.5) is 0 Å². The molecule has 0 saturated heterocycles. The van der Waals surface area contributed by atoms with Crippen molar-refractivity contribution in [3.63, 3.8) is 0 Å². The molecule has 0 radical (unpaired) electrons. The number of aryl methyl sites for hydroxylation is 1. The Morgan fingerprint density at radius 3 is 2.68 bits per heavy atom. The molecular weight excluding hydrogens is 244 g/mol. The molecular formula is C15H16O4. The van der Waals surface area contributed by atoms with E-state index in [9.17, 15) is 9.90 Å². The van der Waals surface area contributed by atoms with Crippen molar-refractivity contribution >= 4 is 11.0 Å². The molecule has 4 heteroatoms. The molecule has 1 aromatic heterocycles. The Bertz CT molecular complexity index is 740. The van der Waals surface area contributed by atoms with E-state index < -0.39 is 5.41 Å². The summed E-state index contributed by atoms with van der Waals surface area (Å²) in [5, 5.41) is 10.5. The minimum Gasteiger partial charge on any atom is -0.508 e. The Morgan fingerprint density at radius 1 is 1.32 bits per heavy atom. The zero-order valence-electron chi connectivity index (χ0n) is 11.4. The van der Waals surface area contributed by atoms with E-state index in [1.807, 2.05) is 20.8 Å². The van der Waals surface area contributed by atoms with E-state index in [0.29, 0.717) is 27.8 Å². The lowest BCUT2D eigenvalue weighted by molar-refractivity contribution is 0.187. The highest BCUT2D eigenvalue weighted by atomic mass is 16.5. The van der Waals surface area contributed by atoms with Gasteiger partial charge in [0, 0.05) is 11.0 Å². The number of phenolic OH excluding ortho intramolecular Hbond substituents is 1. The SMILES string of the molecule is Cc1c(O)ccc2oc(=O)c3c(c12)O[C@@H](C)C3(C)C. The number of benzene rings is 1. The molecule has 3 rings (SSSR count). The van der Waals surface area contributed by atoms with Crippen molar-refractivity contribution in [2.24, 2.45) is 0 Å². The Balaban J connectivity index is 2.52. The lowest BCUT2D eigenvalue weighted by Crippen LogP contribution is -2.32. The summed E-state index contributed by atoms with van der Waals surface area (Å²) in [6.45, 7) is 7.65. The van der Waals surface area contributed by atoms with Gasteiger partial charge in [-0.3, -0.25) is 0 Å². The zero-order chi connectivity index (χ0) is 13.9. The highest BCUT2D eigenvalue weighted by molar-refractivity contribution is 5.90. The average molecular weight is 260 g/mol. The van der Waals surface area contributed by atoms with E-state index in [4.69, 9.17) is 9.15 Å². The lowest BCUT2D eigenvalue weighted by atomic mass is 9.82. The maximum atomic E-state index is 12.2. The normalized spacial score (nSPS) is 20.3. The molecule has 0 aliphatic carbocycles. The number of hydrogen-bond donors (Lipinski definition) is 1. The molecule has 0 saturated carbocycles. The molecule has 1 aliphatic heterocycles. The van der Waals surface area contributed by atoms with Gasteiger partial charge in [-0.05, 0) is 26.0 Å². The van der Waals surface area contributed by atoms with Crippen LogP contribution in [0.3, 0.4) is 0 Å². The molecule has 0 amide bonds. The van der Waals surface area contributed by atoms with Gasteiger partial charge in [-0.15, -0.1) is 0 Å². The lowest BCUT2D eigenvalue weighted by Gasteiger charge is -2.20. The van der Waals surface area contributed by atoms with Crippen LogP contribution >= 0.6 is 0 Å². The van der Waals surface area contributed by atoms with Crippen LogP contribution in [0.1, 0.15) is 31.9 Å². The number of rotatable bonds is 0. The van der Waals surface area contributed by atoms with Crippen molar-refractivity contribution in [1.82, 2.24) is 0 Å². The second kappa shape index (κ2) is 3.53. The molecule has 100 valence electrons. The summed E-state index contributed by atoms with van der Waals surface area (Å²) in [7, 11) is 0. The largest absolute Gasteiger partial charge is 0.508 e. The molecule has 0 spiro atoms. The third-order valence-electron chi connectivity index (χ3n) is 4.21. The van der Waals surface area contributed by atoms with Gasteiger partial charge in [0.15, 0.2) is 0 Å². The van der Waals surface area contributed by atoms with Gasteiger partial charge in [0.25, 0.3) is 0 Å². The number of phenols is 1. The molecule has 1 atom stereocenters. The van der Waals surface area contributed by atoms with E-state index in [0.717, 1.165) is 0 Å². The van der Waals surface area contributed by atoms with Gasteiger partial charge >= 0.3 is 5.63 Å². The summed E-state index contributed by atoms with van der Waals surface area (Å²) >= 11 is 0. The Kier molecular flexibility index (Phi) is 2.24. The molecule has 2 aromatic rings. The molecule has 1 aliphatic rings. The van der Waals surface area contributed by atoms with Crippen LogP contribution in [0.25, 0.3) is 11.0 Å². The van der Waals surface area contributed by atoms with Crippen LogP contribution in [0.5, 0.6) is 11.5 Å². The van der Waals surface area contributed by atoms with Gasteiger partial charge in [-0.1, -0.05) is 13.8 Å². The van der Waals surface area contributed by atoms with Crippen LogP contribution in [-0.2, 0) is 5.41 Å². The molecule has 1 aromatic carbocycles. The zero-order valence-corrected chi connectivity index (χ0v) is 11.4. The molecule has 2 heterocycles. The third kappa shape index (κ3) is 1.43. The van der Waals surface area contributed by atoms with E-state index in [1.165, 1.54) is 6.07 Å². The van der Waals surface area contributed by atoms with Gasteiger partial charge in [-0.25, -0.2) is 4.79 Å². The predicted molar refractivity (Wildman–Crippen MR) is 72.0 cm³/mol. The second-order valence-corrected chi connectivity index (χ2v) is 5.66. The molecule has 0 unspecified atom stereocenters. The fraction of sp³-hybridized carbons (Fsp3) is 0.400. The highest BCUT2D eigenvalue weighted by Gasteiger charge is 2.43. The third-order valence-corrected chi connectivity index (χ3v) is 4.21. The van der Waals surface area contributed by atoms with Crippen LogP contribution in [-0.4, -0.2) is 11.2 Å². The van der Waals surface area contributed by atoms with Gasteiger partial charge in [0.05, 0.1) is 10.9 Å². The van der Waals surface area contributed by atoms with Crippen molar-refractivity contribution in [3.05, 3.63) is 33.7 Å². The Hall–Kier alpha value is -1.97. The molecule has 19 heavy (non-hydrogen) atoms. The van der Waals surface area contributed by atoms with Crippen molar-refractivity contribution in [2.45, 2.75) is 39.2 Å². The number of fused-ring (bicyclic) bond motifs is 3. The fourth-order valence-electron chi connectivity index (χ4n) is 2.61. The van der Waals surface area contributed by atoms with E-state index >= 15 is 0 Å². The minimum absolute atomic E-state index is 0.113. The predicted octanol–water partition coefficient (Wildman–Crippen LogP) is 2.87. The van der Waals surface area contributed by atoms with Crippen LogP contribution in [0, 0.1) is 6.92 Å². The van der Waals surface area contributed by atoms with Crippen LogP contribution in [0.2, 0.25) is 0 Å². The molecule has 1 N–H and O–H groups in total. The maximum Gasteiger partial charge on any atom is 0.343 e. The van der Waals surface area contributed by atoms with Crippen molar-refractivity contribution in [2.75, 3.05) is 0 Å². The summed E-state index contributed by atoms with van der Waals surface area (Å²) < 4.78 is 11.3. The summed E-state index contributed by atoms with van der Waals surface area (Å²) in [6, 6.07) is 3.12. The highest BCUT2D eigenvalue weighted by Crippen LogP contribution is 2.46. The topological polar surface area (TPSA) is 59.7 Å². The maximum absolute atomic E-state index is 12.2.